The van der Waals surface area contributed by atoms with E-state index in [1.807, 2.05) is 13.8 Å². The summed E-state index contributed by atoms with van der Waals surface area (Å²) in [6.07, 6.45) is 1.61. The zero-order chi connectivity index (χ0) is 10.1. The van der Waals surface area contributed by atoms with Gasteiger partial charge >= 0.3 is 0 Å². The summed E-state index contributed by atoms with van der Waals surface area (Å²) >= 11 is 4.18. The molecule has 0 radical (unpaired) electrons. The SMILES string of the molecule is CC(C)(SS)c1ncc(N)cc1N. The zero-order valence-electron chi connectivity index (χ0n) is 7.61. The van der Waals surface area contributed by atoms with Gasteiger partial charge in [-0.25, -0.2) is 0 Å². The average Bonchev–Trinajstić information content (AvgIpc) is 2.03. The van der Waals surface area contributed by atoms with Crippen LogP contribution in [-0.4, -0.2) is 4.98 Å². The number of nitrogen functional groups attached to an aromatic ring is 2. The van der Waals surface area contributed by atoms with Gasteiger partial charge in [0.25, 0.3) is 0 Å². The maximum atomic E-state index is 5.79. The van der Waals surface area contributed by atoms with E-state index in [2.05, 4.69) is 16.6 Å². The standard InChI is InChI=1S/C8H13N3S2/c1-8(2,13-12)7-6(10)3-5(9)4-11-7/h3-4,12H,9-10H2,1-2H3. The van der Waals surface area contributed by atoms with Crippen LogP contribution < -0.4 is 11.5 Å². The van der Waals surface area contributed by atoms with Crippen LogP contribution in [0.5, 0.6) is 0 Å². The molecular formula is C8H13N3S2. The largest absolute Gasteiger partial charge is 0.397 e. The summed E-state index contributed by atoms with van der Waals surface area (Å²) < 4.78 is -0.194. The van der Waals surface area contributed by atoms with Crippen molar-refractivity contribution in [2.45, 2.75) is 18.6 Å². The van der Waals surface area contributed by atoms with E-state index < -0.39 is 0 Å². The molecule has 0 spiro atoms. The Morgan fingerprint density at radius 1 is 1.46 bits per heavy atom. The molecule has 1 aromatic heterocycles. The van der Waals surface area contributed by atoms with Crippen molar-refractivity contribution in [3.8, 4) is 0 Å². The summed E-state index contributed by atoms with van der Waals surface area (Å²) in [4.78, 5) is 4.20. The number of anilines is 2. The van der Waals surface area contributed by atoms with Gasteiger partial charge in [0.15, 0.2) is 0 Å². The van der Waals surface area contributed by atoms with Crippen LogP contribution in [0.15, 0.2) is 12.3 Å². The molecule has 3 nitrogen and oxygen atoms in total. The fourth-order valence-corrected chi connectivity index (χ4v) is 1.56. The molecule has 1 aromatic rings. The second-order valence-corrected chi connectivity index (χ2v) is 5.06. The van der Waals surface area contributed by atoms with Gasteiger partial charge in [0, 0.05) is 0 Å². The summed E-state index contributed by atoms with van der Waals surface area (Å²) in [5.41, 5.74) is 13.4. The Balaban J connectivity index is 3.16. The predicted octanol–water partition coefficient (Wildman–Crippen LogP) is 2.06. The Kier molecular flexibility index (Phi) is 2.98. The second-order valence-electron chi connectivity index (χ2n) is 3.31. The van der Waals surface area contributed by atoms with E-state index in [1.54, 1.807) is 12.3 Å². The van der Waals surface area contributed by atoms with Gasteiger partial charge in [-0.3, -0.25) is 4.98 Å². The van der Waals surface area contributed by atoms with Gasteiger partial charge in [-0.05, 0) is 19.9 Å². The highest BCUT2D eigenvalue weighted by molar-refractivity contribution is 8.68. The Bertz CT molecular complexity index is 312. The van der Waals surface area contributed by atoms with Gasteiger partial charge < -0.3 is 11.5 Å². The number of nitrogens with two attached hydrogens (primary N) is 2. The van der Waals surface area contributed by atoms with E-state index in [0.29, 0.717) is 11.4 Å². The number of nitrogens with zero attached hydrogens (tertiary/aromatic N) is 1. The highest BCUT2D eigenvalue weighted by Crippen LogP contribution is 2.39. The first-order valence-corrected chi connectivity index (χ1v) is 5.68. The summed E-state index contributed by atoms with van der Waals surface area (Å²) in [7, 11) is 1.41. The van der Waals surface area contributed by atoms with Crippen molar-refractivity contribution < 1.29 is 0 Å². The van der Waals surface area contributed by atoms with Crippen LogP contribution in [0.3, 0.4) is 0 Å². The summed E-state index contributed by atoms with van der Waals surface area (Å²) in [5, 5.41) is 0. The van der Waals surface area contributed by atoms with Gasteiger partial charge in [-0.2, -0.15) is 0 Å². The highest BCUT2D eigenvalue weighted by Gasteiger charge is 2.23. The average molecular weight is 215 g/mol. The molecule has 0 amide bonds. The Morgan fingerprint density at radius 3 is 2.54 bits per heavy atom. The first kappa shape index (κ1) is 10.5. The third-order valence-corrected chi connectivity index (χ3v) is 3.76. The Morgan fingerprint density at radius 2 is 2.08 bits per heavy atom. The summed E-state index contributed by atoms with van der Waals surface area (Å²) in [6, 6.07) is 1.72. The molecule has 5 heteroatoms. The van der Waals surface area contributed by atoms with Crippen LogP contribution in [0, 0.1) is 0 Å². The lowest BCUT2D eigenvalue weighted by Crippen LogP contribution is -2.15. The fourth-order valence-electron chi connectivity index (χ4n) is 1.05. The van der Waals surface area contributed by atoms with Crippen molar-refractivity contribution in [1.29, 1.82) is 0 Å². The van der Waals surface area contributed by atoms with Gasteiger partial charge in [-0.1, -0.05) is 10.8 Å². The van der Waals surface area contributed by atoms with Gasteiger partial charge in [-0.15, -0.1) is 11.7 Å². The van der Waals surface area contributed by atoms with Crippen LogP contribution in [0.25, 0.3) is 0 Å². The number of hydrogen-bond donors (Lipinski definition) is 3. The molecular weight excluding hydrogens is 202 g/mol. The molecule has 1 rings (SSSR count). The highest BCUT2D eigenvalue weighted by atomic mass is 33.1. The van der Waals surface area contributed by atoms with Crippen LogP contribution >= 0.6 is 22.5 Å². The zero-order valence-corrected chi connectivity index (χ0v) is 9.32. The molecule has 0 unspecified atom stereocenters. The van der Waals surface area contributed by atoms with Crippen LogP contribution in [0.2, 0.25) is 0 Å². The van der Waals surface area contributed by atoms with E-state index >= 15 is 0 Å². The van der Waals surface area contributed by atoms with Gasteiger partial charge in [0.05, 0.1) is 28.0 Å². The van der Waals surface area contributed by atoms with E-state index in [9.17, 15) is 0 Å². The van der Waals surface area contributed by atoms with Crippen LogP contribution in [0.1, 0.15) is 19.5 Å². The second kappa shape index (κ2) is 3.67. The molecule has 0 aliphatic carbocycles. The number of aromatic nitrogens is 1. The Labute approximate surface area is 87.1 Å². The topological polar surface area (TPSA) is 64.9 Å². The van der Waals surface area contributed by atoms with Crippen molar-refractivity contribution >= 4 is 33.8 Å². The molecule has 0 fully saturated rings. The molecule has 0 aliphatic heterocycles. The minimum absolute atomic E-state index is 0.194. The Hall–Kier alpha value is -0.550. The van der Waals surface area contributed by atoms with Crippen molar-refractivity contribution in [2.75, 3.05) is 11.5 Å². The molecule has 0 aromatic carbocycles. The summed E-state index contributed by atoms with van der Waals surface area (Å²) in [6.45, 7) is 4.03. The monoisotopic (exact) mass is 215 g/mol. The van der Waals surface area contributed by atoms with Crippen molar-refractivity contribution in [3.05, 3.63) is 18.0 Å². The molecule has 0 aliphatic rings. The lowest BCUT2D eigenvalue weighted by molar-refractivity contribution is 0.757. The summed E-state index contributed by atoms with van der Waals surface area (Å²) in [5.74, 6) is 0. The molecule has 13 heavy (non-hydrogen) atoms. The molecule has 0 bridgehead atoms. The number of rotatable bonds is 2. The number of thiol groups is 1. The molecule has 1 heterocycles. The quantitative estimate of drug-likeness (QED) is 0.522. The first-order valence-electron chi connectivity index (χ1n) is 3.81. The van der Waals surface area contributed by atoms with Crippen LogP contribution in [0.4, 0.5) is 11.4 Å². The van der Waals surface area contributed by atoms with Crippen molar-refractivity contribution in [3.63, 3.8) is 0 Å². The number of pyridine rings is 1. The normalized spacial score (nSPS) is 11.6. The first-order chi connectivity index (χ1) is 5.97. The third-order valence-electron chi connectivity index (χ3n) is 1.74. The van der Waals surface area contributed by atoms with Crippen molar-refractivity contribution in [2.24, 2.45) is 0 Å². The molecule has 72 valence electrons. The van der Waals surface area contributed by atoms with Gasteiger partial charge in [0.1, 0.15) is 0 Å². The lowest BCUT2D eigenvalue weighted by Gasteiger charge is -2.21. The minimum atomic E-state index is -0.194. The smallest absolute Gasteiger partial charge is 0.0797 e. The van der Waals surface area contributed by atoms with E-state index in [1.165, 1.54) is 10.8 Å². The molecule has 0 atom stereocenters. The van der Waals surface area contributed by atoms with E-state index in [0.717, 1.165) is 5.69 Å². The predicted molar refractivity (Wildman–Crippen MR) is 62.7 cm³/mol. The number of hydrogen-bond acceptors (Lipinski definition) is 5. The van der Waals surface area contributed by atoms with Crippen molar-refractivity contribution in [1.82, 2.24) is 4.98 Å². The maximum absolute atomic E-state index is 5.79. The van der Waals surface area contributed by atoms with E-state index in [-0.39, 0.29) is 4.75 Å². The lowest BCUT2D eigenvalue weighted by atomic mass is 10.1. The molecule has 4 N–H and O–H groups in total. The van der Waals surface area contributed by atoms with Crippen LogP contribution in [-0.2, 0) is 4.75 Å². The van der Waals surface area contributed by atoms with E-state index in [4.69, 9.17) is 11.5 Å². The molecule has 0 saturated heterocycles. The fraction of sp³-hybridized carbons (Fsp3) is 0.375. The minimum Gasteiger partial charge on any atom is -0.397 e. The maximum Gasteiger partial charge on any atom is 0.0797 e. The third kappa shape index (κ3) is 2.22. The van der Waals surface area contributed by atoms with Gasteiger partial charge in [0.2, 0.25) is 0 Å². The molecule has 0 saturated carbocycles.